The summed E-state index contributed by atoms with van der Waals surface area (Å²) >= 11 is 0. The average molecular weight is 269 g/mol. The zero-order valence-corrected chi connectivity index (χ0v) is 10.7. The molecule has 0 atom stereocenters. The van der Waals surface area contributed by atoms with Gasteiger partial charge in [0.15, 0.2) is 9.84 Å². The van der Waals surface area contributed by atoms with Crippen LogP contribution in [0.15, 0.2) is 29.4 Å². The molecular weight excluding hydrogens is 257 g/mol. The second-order valence-electron chi connectivity index (χ2n) is 4.05. The third-order valence-corrected chi connectivity index (χ3v) is 3.61. The molecule has 2 rings (SSSR count). The summed E-state index contributed by atoms with van der Waals surface area (Å²) in [6, 6.07) is 2.70. The van der Waals surface area contributed by atoms with Crippen LogP contribution in [0.25, 0.3) is 5.69 Å². The molecule has 0 aliphatic rings. The summed E-state index contributed by atoms with van der Waals surface area (Å²) in [7, 11) is -3.32. The highest BCUT2D eigenvalue weighted by Crippen LogP contribution is 2.22. The number of nitrogens with zero attached hydrogens (tertiary/aromatic N) is 2. The second-order valence-corrected chi connectivity index (χ2v) is 6.07. The molecule has 5 nitrogen and oxygen atoms in total. The average Bonchev–Trinajstić information content (AvgIpc) is 2.72. The molecular formula is C11H12FN3O2S. The standard InChI is InChI=1S/C11H12FN3O2S/c1-7-3-11(10(13)4-9(7)12)15-6-8(5-14-15)18(2,16)17/h3-6H,13H2,1-2H3. The molecule has 0 amide bonds. The molecule has 0 spiro atoms. The van der Waals surface area contributed by atoms with Crippen LogP contribution in [0.5, 0.6) is 0 Å². The number of sulfone groups is 1. The minimum Gasteiger partial charge on any atom is -0.397 e. The van der Waals surface area contributed by atoms with Crippen molar-refractivity contribution in [2.45, 2.75) is 11.8 Å². The van der Waals surface area contributed by atoms with Gasteiger partial charge in [0.2, 0.25) is 0 Å². The Morgan fingerprint density at radius 3 is 2.61 bits per heavy atom. The van der Waals surface area contributed by atoms with Crippen molar-refractivity contribution in [3.05, 3.63) is 35.9 Å². The number of benzene rings is 1. The molecule has 0 aliphatic heterocycles. The van der Waals surface area contributed by atoms with Crippen molar-refractivity contribution in [1.82, 2.24) is 9.78 Å². The van der Waals surface area contributed by atoms with Gasteiger partial charge < -0.3 is 5.73 Å². The second kappa shape index (κ2) is 4.09. The van der Waals surface area contributed by atoms with Crippen LogP contribution in [0.3, 0.4) is 0 Å². The van der Waals surface area contributed by atoms with Crippen molar-refractivity contribution in [3.8, 4) is 5.69 Å². The van der Waals surface area contributed by atoms with E-state index < -0.39 is 15.7 Å². The molecule has 96 valence electrons. The number of aryl methyl sites for hydroxylation is 1. The van der Waals surface area contributed by atoms with Crippen LogP contribution in [0.1, 0.15) is 5.56 Å². The first-order chi connectivity index (χ1) is 8.29. The summed E-state index contributed by atoms with van der Waals surface area (Å²) in [4.78, 5) is 0.0869. The van der Waals surface area contributed by atoms with E-state index in [-0.39, 0.29) is 10.6 Å². The largest absolute Gasteiger partial charge is 0.397 e. The molecule has 0 unspecified atom stereocenters. The van der Waals surface area contributed by atoms with Gasteiger partial charge in [-0.1, -0.05) is 0 Å². The van der Waals surface area contributed by atoms with Crippen molar-refractivity contribution in [3.63, 3.8) is 0 Å². The highest BCUT2D eigenvalue weighted by Gasteiger charge is 2.13. The summed E-state index contributed by atoms with van der Waals surface area (Å²) in [5.74, 6) is -0.410. The molecule has 0 fully saturated rings. The summed E-state index contributed by atoms with van der Waals surface area (Å²) in [5.41, 5.74) is 6.75. The van der Waals surface area contributed by atoms with E-state index in [9.17, 15) is 12.8 Å². The van der Waals surface area contributed by atoms with E-state index in [0.717, 1.165) is 6.26 Å². The number of nitrogen functional groups attached to an aromatic ring is 1. The maximum absolute atomic E-state index is 13.3. The summed E-state index contributed by atoms with van der Waals surface area (Å²) < 4.78 is 37.3. The first kappa shape index (κ1) is 12.6. The Bertz CT molecular complexity index is 707. The molecule has 1 aromatic heterocycles. The lowest BCUT2D eigenvalue weighted by Gasteiger charge is -2.07. The molecule has 0 aliphatic carbocycles. The van der Waals surface area contributed by atoms with Crippen molar-refractivity contribution in [2.24, 2.45) is 0 Å². The fraction of sp³-hybridized carbons (Fsp3) is 0.182. The third kappa shape index (κ3) is 2.21. The number of nitrogens with two attached hydrogens (primary N) is 1. The summed E-state index contributed by atoms with van der Waals surface area (Å²) in [6.07, 6.45) is 3.67. The van der Waals surface area contributed by atoms with Crippen LogP contribution < -0.4 is 5.73 Å². The van der Waals surface area contributed by atoms with E-state index in [0.29, 0.717) is 11.3 Å². The minimum atomic E-state index is -3.32. The van der Waals surface area contributed by atoms with Crippen LogP contribution in [0.4, 0.5) is 10.1 Å². The van der Waals surface area contributed by atoms with Crippen molar-refractivity contribution in [2.75, 3.05) is 12.0 Å². The summed E-state index contributed by atoms with van der Waals surface area (Å²) in [5, 5.41) is 3.92. The topological polar surface area (TPSA) is 78.0 Å². The van der Waals surface area contributed by atoms with Gasteiger partial charge in [-0.25, -0.2) is 17.5 Å². The first-order valence-electron chi connectivity index (χ1n) is 5.10. The fourth-order valence-corrected chi connectivity index (χ4v) is 2.04. The van der Waals surface area contributed by atoms with Crippen LogP contribution in [-0.4, -0.2) is 24.5 Å². The number of hydrogen-bond acceptors (Lipinski definition) is 4. The van der Waals surface area contributed by atoms with Crippen LogP contribution >= 0.6 is 0 Å². The van der Waals surface area contributed by atoms with Crippen molar-refractivity contribution in [1.29, 1.82) is 0 Å². The van der Waals surface area contributed by atoms with Gasteiger partial charge in [-0.2, -0.15) is 5.10 Å². The zero-order valence-electron chi connectivity index (χ0n) is 9.88. The number of aromatic nitrogens is 2. The van der Waals surface area contributed by atoms with Gasteiger partial charge in [0.1, 0.15) is 10.7 Å². The van der Waals surface area contributed by atoms with Crippen LogP contribution in [0.2, 0.25) is 0 Å². The first-order valence-corrected chi connectivity index (χ1v) is 6.99. The zero-order chi connectivity index (χ0) is 13.5. The lowest BCUT2D eigenvalue weighted by atomic mass is 10.2. The lowest BCUT2D eigenvalue weighted by molar-refractivity contribution is 0.602. The maximum atomic E-state index is 13.3. The molecule has 0 radical (unpaired) electrons. The Morgan fingerprint density at radius 1 is 1.39 bits per heavy atom. The molecule has 0 saturated carbocycles. The van der Waals surface area contributed by atoms with Crippen molar-refractivity contribution < 1.29 is 12.8 Å². The molecule has 0 bridgehead atoms. The molecule has 7 heteroatoms. The van der Waals surface area contributed by atoms with Gasteiger partial charge in [0.05, 0.1) is 17.6 Å². The fourth-order valence-electron chi connectivity index (χ4n) is 1.51. The number of anilines is 1. The number of hydrogen-bond donors (Lipinski definition) is 1. The smallest absolute Gasteiger partial charge is 0.178 e. The van der Waals surface area contributed by atoms with Gasteiger partial charge in [0, 0.05) is 12.5 Å². The Kier molecular flexibility index (Phi) is 2.86. The maximum Gasteiger partial charge on any atom is 0.178 e. The van der Waals surface area contributed by atoms with Gasteiger partial charge in [0.25, 0.3) is 0 Å². The lowest BCUT2D eigenvalue weighted by Crippen LogP contribution is -2.02. The van der Waals surface area contributed by atoms with E-state index in [4.69, 9.17) is 5.73 Å². The van der Waals surface area contributed by atoms with E-state index in [2.05, 4.69) is 5.10 Å². The van der Waals surface area contributed by atoms with Crippen LogP contribution in [-0.2, 0) is 9.84 Å². The monoisotopic (exact) mass is 269 g/mol. The Hall–Kier alpha value is -1.89. The Balaban J connectivity index is 2.56. The minimum absolute atomic E-state index is 0.0869. The Labute approximate surface area is 104 Å². The molecule has 1 aromatic carbocycles. The third-order valence-electron chi connectivity index (χ3n) is 2.54. The Morgan fingerprint density at radius 2 is 2.06 bits per heavy atom. The SMILES string of the molecule is Cc1cc(-n2cc(S(C)(=O)=O)cn2)c(N)cc1F. The van der Waals surface area contributed by atoms with E-state index >= 15 is 0 Å². The summed E-state index contributed by atoms with van der Waals surface area (Å²) in [6.45, 7) is 1.60. The van der Waals surface area contributed by atoms with E-state index in [1.54, 1.807) is 6.92 Å². The highest BCUT2D eigenvalue weighted by molar-refractivity contribution is 7.90. The van der Waals surface area contributed by atoms with E-state index in [1.165, 1.54) is 29.2 Å². The van der Waals surface area contributed by atoms with Gasteiger partial charge >= 0.3 is 0 Å². The predicted octanol–water partition coefficient (Wildman–Crippen LogP) is 1.31. The molecule has 0 saturated heterocycles. The quantitative estimate of drug-likeness (QED) is 0.834. The molecule has 2 N–H and O–H groups in total. The van der Waals surface area contributed by atoms with Gasteiger partial charge in [-0.15, -0.1) is 0 Å². The van der Waals surface area contributed by atoms with E-state index in [1.807, 2.05) is 0 Å². The number of halogens is 1. The molecule has 2 aromatic rings. The molecule has 18 heavy (non-hydrogen) atoms. The van der Waals surface area contributed by atoms with Gasteiger partial charge in [-0.05, 0) is 24.6 Å². The van der Waals surface area contributed by atoms with Crippen molar-refractivity contribution >= 4 is 15.5 Å². The molecule has 1 heterocycles. The number of rotatable bonds is 2. The predicted molar refractivity (Wildman–Crippen MR) is 65.8 cm³/mol. The van der Waals surface area contributed by atoms with Gasteiger partial charge in [-0.3, -0.25) is 0 Å². The van der Waals surface area contributed by atoms with Crippen LogP contribution in [0, 0.1) is 12.7 Å². The highest BCUT2D eigenvalue weighted by atomic mass is 32.2. The normalized spacial score (nSPS) is 11.7.